The Bertz CT molecular complexity index is 352. The Hall–Kier alpha value is -1.65. The Morgan fingerprint density at radius 1 is 1.62 bits per heavy atom. The molecule has 2 N–H and O–H groups in total. The van der Waals surface area contributed by atoms with Crippen LogP contribution >= 0.6 is 0 Å². The fourth-order valence-electron chi connectivity index (χ4n) is 1.06. The highest BCUT2D eigenvalue weighted by molar-refractivity contribution is 5.53. The number of benzene rings is 1. The molecule has 0 heterocycles. The molecule has 1 rings (SSSR count). The zero-order chi connectivity index (χ0) is 10.0. The minimum absolute atomic E-state index is 0.00639. The maximum absolute atomic E-state index is 13.0. The normalized spacial score (nSPS) is 10.0. The predicted molar refractivity (Wildman–Crippen MR) is 46.8 cm³/mol. The lowest BCUT2D eigenvalue weighted by molar-refractivity contribution is -0.385. The quantitative estimate of drug-likeness (QED) is 0.433. The number of hydrogen-bond acceptors (Lipinski definition) is 3. The van der Waals surface area contributed by atoms with Gasteiger partial charge in [0, 0.05) is 6.07 Å². The van der Waals surface area contributed by atoms with Crippen molar-refractivity contribution < 1.29 is 9.31 Å². The summed E-state index contributed by atoms with van der Waals surface area (Å²) < 4.78 is 13.0. The number of rotatable bonds is 2. The molecule has 1 aromatic rings. The standard InChI is InChI=1S/C8H9FN2O2/c1-2-5-3-6(11(12)13)4-7(9)8(5)10/h3-4H,2,10H2,1H3. The van der Waals surface area contributed by atoms with Crippen LogP contribution in [-0.4, -0.2) is 4.92 Å². The molecule has 0 spiro atoms. The fraction of sp³-hybridized carbons (Fsp3) is 0.250. The van der Waals surface area contributed by atoms with Gasteiger partial charge >= 0.3 is 0 Å². The summed E-state index contributed by atoms with van der Waals surface area (Å²) in [7, 11) is 0. The van der Waals surface area contributed by atoms with Crippen molar-refractivity contribution >= 4 is 11.4 Å². The number of hydrogen-bond donors (Lipinski definition) is 1. The Balaban J connectivity index is 3.30. The highest BCUT2D eigenvalue weighted by Gasteiger charge is 2.13. The molecule has 0 aliphatic rings. The lowest BCUT2D eigenvalue weighted by Gasteiger charge is -2.03. The molecule has 0 atom stereocenters. The first-order valence-corrected chi connectivity index (χ1v) is 3.78. The van der Waals surface area contributed by atoms with Gasteiger partial charge in [-0.05, 0) is 12.0 Å². The zero-order valence-electron chi connectivity index (χ0n) is 7.08. The van der Waals surface area contributed by atoms with Crippen LogP contribution in [0.25, 0.3) is 0 Å². The molecular formula is C8H9FN2O2. The molecule has 70 valence electrons. The molecule has 0 aromatic heterocycles. The van der Waals surface area contributed by atoms with Crippen LogP contribution in [0.4, 0.5) is 15.8 Å². The van der Waals surface area contributed by atoms with E-state index in [1.54, 1.807) is 6.92 Å². The van der Waals surface area contributed by atoms with Crippen LogP contribution in [0.15, 0.2) is 12.1 Å². The van der Waals surface area contributed by atoms with Crippen LogP contribution in [0.5, 0.6) is 0 Å². The van der Waals surface area contributed by atoms with Crippen molar-refractivity contribution in [1.82, 2.24) is 0 Å². The Morgan fingerprint density at radius 2 is 2.23 bits per heavy atom. The molecule has 0 saturated carbocycles. The van der Waals surface area contributed by atoms with E-state index in [4.69, 9.17) is 5.73 Å². The summed E-state index contributed by atoms with van der Waals surface area (Å²) in [6.07, 6.45) is 0.477. The van der Waals surface area contributed by atoms with Crippen molar-refractivity contribution in [2.45, 2.75) is 13.3 Å². The zero-order valence-corrected chi connectivity index (χ0v) is 7.08. The Kier molecular flexibility index (Phi) is 2.46. The van der Waals surface area contributed by atoms with E-state index in [0.717, 1.165) is 6.07 Å². The summed E-state index contributed by atoms with van der Waals surface area (Å²) in [5, 5.41) is 10.3. The minimum atomic E-state index is -0.731. The van der Waals surface area contributed by atoms with Crippen molar-refractivity contribution in [2.24, 2.45) is 0 Å². The average molecular weight is 184 g/mol. The molecule has 0 fully saturated rings. The number of non-ortho nitro benzene ring substituents is 1. The van der Waals surface area contributed by atoms with E-state index in [1.807, 2.05) is 0 Å². The van der Waals surface area contributed by atoms with Crippen LogP contribution in [0, 0.1) is 15.9 Å². The summed E-state index contributed by atoms with van der Waals surface area (Å²) in [6, 6.07) is 2.12. The molecule has 0 radical (unpaired) electrons. The van der Waals surface area contributed by atoms with E-state index >= 15 is 0 Å². The maximum Gasteiger partial charge on any atom is 0.272 e. The Morgan fingerprint density at radius 3 is 2.69 bits per heavy atom. The molecule has 5 heteroatoms. The van der Waals surface area contributed by atoms with E-state index in [9.17, 15) is 14.5 Å². The third-order valence-corrected chi connectivity index (χ3v) is 1.79. The van der Waals surface area contributed by atoms with Gasteiger partial charge in [-0.15, -0.1) is 0 Å². The van der Waals surface area contributed by atoms with Crippen LogP contribution in [0.3, 0.4) is 0 Å². The number of nitro groups is 1. The van der Waals surface area contributed by atoms with E-state index in [-0.39, 0.29) is 11.4 Å². The highest BCUT2D eigenvalue weighted by Crippen LogP contribution is 2.23. The molecule has 0 bridgehead atoms. The van der Waals surface area contributed by atoms with Gasteiger partial charge in [0.25, 0.3) is 5.69 Å². The third-order valence-electron chi connectivity index (χ3n) is 1.79. The molecule has 0 aliphatic carbocycles. The first-order valence-electron chi connectivity index (χ1n) is 3.78. The summed E-state index contributed by atoms with van der Waals surface area (Å²) in [5.41, 5.74) is 5.56. The number of nitrogens with zero attached hydrogens (tertiary/aromatic N) is 1. The lowest BCUT2D eigenvalue weighted by atomic mass is 10.1. The van der Waals surface area contributed by atoms with Crippen molar-refractivity contribution in [1.29, 1.82) is 0 Å². The number of nitrogens with two attached hydrogens (primary N) is 1. The largest absolute Gasteiger partial charge is 0.396 e. The van der Waals surface area contributed by atoms with Gasteiger partial charge in [0.15, 0.2) is 5.82 Å². The molecular weight excluding hydrogens is 175 g/mol. The average Bonchev–Trinajstić information content (AvgIpc) is 2.09. The second-order valence-electron chi connectivity index (χ2n) is 2.61. The van der Waals surface area contributed by atoms with Crippen molar-refractivity contribution in [2.75, 3.05) is 5.73 Å². The van der Waals surface area contributed by atoms with Gasteiger partial charge in [-0.1, -0.05) is 6.92 Å². The van der Waals surface area contributed by atoms with Crippen molar-refractivity contribution in [3.05, 3.63) is 33.6 Å². The SMILES string of the molecule is CCc1cc([N+](=O)[O-])cc(F)c1N. The monoisotopic (exact) mass is 184 g/mol. The van der Waals surface area contributed by atoms with E-state index in [2.05, 4.69) is 0 Å². The van der Waals surface area contributed by atoms with Crippen LogP contribution in [0.1, 0.15) is 12.5 Å². The molecule has 0 saturated heterocycles. The maximum atomic E-state index is 13.0. The van der Waals surface area contributed by atoms with Crippen LogP contribution in [0.2, 0.25) is 0 Å². The topological polar surface area (TPSA) is 69.2 Å². The van der Waals surface area contributed by atoms with Gasteiger partial charge < -0.3 is 5.73 Å². The number of aryl methyl sites for hydroxylation is 1. The molecule has 13 heavy (non-hydrogen) atoms. The predicted octanol–water partition coefficient (Wildman–Crippen LogP) is 1.88. The van der Waals surface area contributed by atoms with Gasteiger partial charge in [0.2, 0.25) is 0 Å². The molecule has 0 amide bonds. The highest BCUT2D eigenvalue weighted by atomic mass is 19.1. The van der Waals surface area contributed by atoms with Gasteiger partial charge in [-0.3, -0.25) is 10.1 Å². The van der Waals surface area contributed by atoms with Crippen molar-refractivity contribution in [3.8, 4) is 0 Å². The minimum Gasteiger partial charge on any atom is -0.396 e. The van der Waals surface area contributed by atoms with E-state index < -0.39 is 10.7 Å². The summed E-state index contributed by atoms with van der Waals surface area (Å²) in [5.74, 6) is -0.731. The first kappa shape index (κ1) is 9.44. The third kappa shape index (κ3) is 1.74. The first-order chi connectivity index (χ1) is 6.06. The summed E-state index contributed by atoms with van der Waals surface area (Å²) in [4.78, 5) is 9.69. The fourth-order valence-corrected chi connectivity index (χ4v) is 1.06. The number of anilines is 1. The molecule has 1 aromatic carbocycles. The second kappa shape index (κ2) is 3.38. The summed E-state index contributed by atoms with van der Waals surface area (Å²) in [6.45, 7) is 1.76. The smallest absolute Gasteiger partial charge is 0.272 e. The lowest BCUT2D eigenvalue weighted by Crippen LogP contribution is -1.99. The number of halogens is 1. The molecule has 4 nitrogen and oxygen atoms in total. The molecule has 0 aliphatic heterocycles. The van der Waals surface area contributed by atoms with Gasteiger partial charge in [-0.25, -0.2) is 4.39 Å². The Labute approximate surface area is 74.3 Å². The van der Waals surface area contributed by atoms with E-state index in [1.165, 1.54) is 6.07 Å². The van der Waals surface area contributed by atoms with Crippen LogP contribution < -0.4 is 5.73 Å². The summed E-state index contributed by atoms with van der Waals surface area (Å²) >= 11 is 0. The second-order valence-corrected chi connectivity index (χ2v) is 2.61. The van der Waals surface area contributed by atoms with Crippen LogP contribution in [-0.2, 0) is 6.42 Å². The van der Waals surface area contributed by atoms with E-state index in [0.29, 0.717) is 12.0 Å². The van der Waals surface area contributed by atoms with Gasteiger partial charge in [0.05, 0.1) is 16.7 Å². The van der Waals surface area contributed by atoms with Gasteiger partial charge in [0.1, 0.15) is 0 Å². The number of nitrogen functional groups attached to an aromatic ring is 1. The molecule has 0 unspecified atom stereocenters. The number of nitro benzene ring substituents is 1. The van der Waals surface area contributed by atoms with Gasteiger partial charge in [-0.2, -0.15) is 0 Å². The van der Waals surface area contributed by atoms with Crippen molar-refractivity contribution in [3.63, 3.8) is 0 Å².